The van der Waals surface area contributed by atoms with Crippen LogP contribution in [0.1, 0.15) is 39.5 Å². The van der Waals surface area contributed by atoms with Gasteiger partial charge in [0.25, 0.3) is 22.4 Å². The number of fused-ring (bicyclic) bond motifs is 1. The minimum Gasteiger partial charge on any atom is -0.489 e. The van der Waals surface area contributed by atoms with Gasteiger partial charge in [-0.05, 0) is 66.6 Å². The molecule has 8 nitrogen and oxygen atoms in total. The molecule has 0 aromatic heterocycles. The molecule has 0 radical (unpaired) electrons. The van der Waals surface area contributed by atoms with Crippen molar-refractivity contribution in [3.05, 3.63) is 87.9 Å². The summed E-state index contributed by atoms with van der Waals surface area (Å²) in [7, 11) is -4.08. The predicted octanol–water partition coefficient (Wildman–Crippen LogP) is 5.50. The van der Waals surface area contributed by atoms with Gasteiger partial charge in [-0.25, -0.2) is 17.2 Å². The summed E-state index contributed by atoms with van der Waals surface area (Å²) in [5, 5.41) is 4.17. The number of halogens is 6. The van der Waals surface area contributed by atoms with Crippen LogP contribution in [0.15, 0.2) is 65.6 Å². The molecule has 0 bridgehead atoms. The Balaban J connectivity index is 1.68. The Morgan fingerprint density at radius 3 is 2.49 bits per heavy atom. The van der Waals surface area contributed by atoms with E-state index >= 15 is 0 Å². The lowest BCUT2D eigenvalue weighted by Crippen LogP contribution is -2.38. The van der Waals surface area contributed by atoms with E-state index in [0.717, 1.165) is 10.4 Å². The van der Waals surface area contributed by atoms with Crippen molar-refractivity contribution in [2.75, 3.05) is 24.0 Å². The van der Waals surface area contributed by atoms with Crippen LogP contribution in [0.5, 0.6) is 5.75 Å². The van der Waals surface area contributed by atoms with Gasteiger partial charge < -0.3 is 15.4 Å². The molecule has 15 heteroatoms. The first-order chi connectivity index (χ1) is 20.2. The number of hydrogen-bond acceptors (Lipinski definition) is 5. The van der Waals surface area contributed by atoms with Gasteiger partial charge in [0.15, 0.2) is 0 Å². The zero-order valence-electron chi connectivity index (χ0n) is 22.4. The standard InChI is InChI=1S/C28H25ClF5N3O5S/c1-16-3-2-4-19(11-16)43(40,41)37-9-10-42-24-8-5-17(12-23(24)37)27(39)36-22(14-26(38)35-15-25(30)31)20-13-18(28(32,33)34)6-7-21(20)29/h2-8,11-13,22,25H,9-10,14-15H2,1H3,(H,35,38)(H,36,39)/t22-/m0/s1. The summed E-state index contributed by atoms with van der Waals surface area (Å²) >= 11 is 6.15. The summed E-state index contributed by atoms with van der Waals surface area (Å²) in [5.41, 5.74) is -0.748. The molecule has 0 fully saturated rings. The fraction of sp³-hybridized carbons (Fsp3) is 0.286. The van der Waals surface area contributed by atoms with E-state index in [4.69, 9.17) is 16.3 Å². The quantitative estimate of drug-likeness (QED) is 0.299. The second kappa shape index (κ2) is 12.8. The highest BCUT2D eigenvalue weighted by Crippen LogP contribution is 2.37. The summed E-state index contributed by atoms with van der Waals surface area (Å²) in [6.07, 6.45) is -8.39. The maximum atomic E-state index is 13.5. The average Bonchev–Trinajstić information content (AvgIpc) is 2.94. The lowest BCUT2D eigenvalue weighted by Gasteiger charge is -2.31. The van der Waals surface area contributed by atoms with Gasteiger partial charge in [-0.2, -0.15) is 13.2 Å². The Kier molecular flexibility index (Phi) is 9.50. The molecule has 3 aromatic rings. The Labute approximate surface area is 248 Å². The van der Waals surface area contributed by atoms with Gasteiger partial charge in [0.2, 0.25) is 5.91 Å². The molecule has 0 aliphatic carbocycles. The van der Waals surface area contributed by atoms with E-state index in [9.17, 15) is 40.0 Å². The van der Waals surface area contributed by atoms with Crippen molar-refractivity contribution in [3.8, 4) is 5.75 Å². The van der Waals surface area contributed by atoms with E-state index < -0.39 is 59.0 Å². The van der Waals surface area contributed by atoms with Crippen molar-refractivity contribution in [1.29, 1.82) is 0 Å². The van der Waals surface area contributed by atoms with Gasteiger partial charge in [-0.15, -0.1) is 0 Å². The molecule has 0 saturated heterocycles. The number of anilines is 1. The number of alkyl halides is 5. The van der Waals surface area contributed by atoms with Crippen molar-refractivity contribution < 1.29 is 44.7 Å². The topological polar surface area (TPSA) is 105 Å². The molecule has 1 aliphatic rings. The molecule has 4 rings (SSSR count). The predicted molar refractivity (Wildman–Crippen MR) is 148 cm³/mol. The van der Waals surface area contributed by atoms with Crippen LogP contribution in [-0.2, 0) is 21.0 Å². The minimum absolute atomic E-state index is 0.0178. The fourth-order valence-electron chi connectivity index (χ4n) is 4.40. The number of nitrogens with one attached hydrogen (secondary N) is 2. The number of sulfonamides is 1. The zero-order chi connectivity index (χ0) is 31.5. The van der Waals surface area contributed by atoms with Crippen LogP contribution in [0.3, 0.4) is 0 Å². The molecule has 43 heavy (non-hydrogen) atoms. The van der Waals surface area contributed by atoms with Crippen LogP contribution < -0.4 is 19.7 Å². The summed E-state index contributed by atoms with van der Waals surface area (Å²) in [6.45, 7) is 0.690. The zero-order valence-corrected chi connectivity index (χ0v) is 24.0. The monoisotopic (exact) mass is 645 g/mol. The second-order valence-electron chi connectivity index (χ2n) is 9.58. The first kappa shape index (κ1) is 32.0. The van der Waals surface area contributed by atoms with Crippen LogP contribution in [0.2, 0.25) is 5.02 Å². The van der Waals surface area contributed by atoms with Gasteiger partial charge in [0, 0.05) is 10.6 Å². The number of benzene rings is 3. The van der Waals surface area contributed by atoms with Crippen molar-refractivity contribution in [1.82, 2.24) is 10.6 Å². The maximum absolute atomic E-state index is 13.5. The summed E-state index contributed by atoms with van der Waals surface area (Å²) < 4.78 is 99.2. The summed E-state index contributed by atoms with van der Waals surface area (Å²) in [5.74, 6) is -1.71. The van der Waals surface area contributed by atoms with E-state index in [2.05, 4.69) is 5.32 Å². The lowest BCUT2D eigenvalue weighted by molar-refractivity contribution is -0.137. The van der Waals surface area contributed by atoms with E-state index in [0.29, 0.717) is 17.7 Å². The molecule has 1 heterocycles. The Morgan fingerprint density at radius 1 is 1.07 bits per heavy atom. The van der Waals surface area contributed by atoms with Crippen LogP contribution >= 0.6 is 11.6 Å². The number of hydrogen-bond donors (Lipinski definition) is 2. The number of nitrogens with zero attached hydrogens (tertiary/aromatic N) is 1. The van der Waals surface area contributed by atoms with E-state index in [1.165, 1.54) is 30.3 Å². The highest BCUT2D eigenvalue weighted by molar-refractivity contribution is 7.92. The van der Waals surface area contributed by atoms with E-state index in [1.54, 1.807) is 19.1 Å². The molecule has 1 aliphatic heterocycles. The Bertz CT molecular complexity index is 1640. The van der Waals surface area contributed by atoms with Gasteiger partial charge in [-0.1, -0.05) is 23.7 Å². The molecule has 0 unspecified atom stereocenters. The summed E-state index contributed by atoms with van der Waals surface area (Å²) in [6, 6.07) is 11.0. The number of amides is 2. The molecule has 0 saturated carbocycles. The van der Waals surface area contributed by atoms with Crippen molar-refractivity contribution in [2.24, 2.45) is 0 Å². The highest BCUT2D eigenvalue weighted by atomic mass is 35.5. The maximum Gasteiger partial charge on any atom is 0.416 e. The second-order valence-corrected chi connectivity index (χ2v) is 11.9. The molecule has 2 amide bonds. The molecule has 230 valence electrons. The van der Waals surface area contributed by atoms with Gasteiger partial charge in [0.05, 0.1) is 41.7 Å². The molecule has 0 spiro atoms. The van der Waals surface area contributed by atoms with Crippen molar-refractivity contribution in [2.45, 2.75) is 36.9 Å². The third-order valence-electron chi connectivity index (χ3n) is 6.47. The summed E-state index contributed by atoms with van der Waals surface area (Å²) in [4.78, 5) is 25.8. The third kappa shape index (κ3) is 7.54. The average molecular weight is 646 g/mol. The van der Waals surface area contributed by atoms with Crippen molar-refractivity contribution in [3.63, 3.8) is 0 Å². The highest BCUT2D eigenvalue weighted by Gasteiger charge is 2.34. The smallest absolute Gasteiger partial charge is 0.416 e. The third-order valence-corrected chi connectivity index (χ3v) is 8.62. The lowest BCUT2D eigenvalue weighted by atomic mass is 9.99. The molecule has 3 aromatic carbocycles. The largest absolute Gasteiger partial charge is 0.489 e. The van der Waals surface area contributed by atoms with Gasteiger partial charge in [0.1, 0.15) is 12.4 Å². The fourth-order valence-corrected chi connectivity index (χ4v) is 6.21. The van der Waals surface area contributed by atoms with Crippen LogP contribution in [0.25, 0.3) is 0 Å². The SMILES string of the molecule is Cc1cccc(S(=O)(=O)N2CCOc3ccc(C(=O)N[C@@H](CC(=O)NCC(F)F)c4cc(C(F)(F)F)ccc4Cl)cc32)c1. The van der Waals surface area contributed by atoms with Crippen molar-refractivity contribution >= 4 is 39.1 Å². The first-order valence-corrected chi connectivity index (χ1v) is 14.6. The number of aryl methyl sites for hydroxylation is 1. The first-order valence-electron chi connectivity index (χ1n) is 12.8. The number of carbonyl (C=O) groups excluding carboxylic acids is 2. The van der Waals surface area contributed by atoms with Gasteiger partial charge in [-0.3, -0.25) is 13.9 Å². The van der Waals surface area contributed by atoms with Gasteiger partial charge >= 0.3 is 6.18 Å². The van der Waals surface area contributed by atoms with Crippen LogP contribution in [-0.4, -0.2) is 46.4 Å². The van der Waals surface area contributed by atoms with Crippen LogP contribution in [0, 0.1) is 6.92 Å². The number of carbonyl (C=O) groups is 2. The molecule has 1 atom stereocenters. The molecule has 2 N–H and O–H groups in total. The van der Waals surface area contributed by atoms with E-state index in [-0.39, 0.29) is 45.6 Å². The normalized spacial score (nSPS) is 14.1. The Hall–Kier alpha value is -3.91. The van der Waals surface area contributed by atoms with Crippen LogP contribution in [0.4, 0.5) is 27.6 Å². The molecular weight excluding hydrogens is 621 g/mol. The Morgan fingerprint density at radius 2 is 1.81 bits per heavy atom. The number of rotatable bonds is 9. The minimum atomic E-state index is -4.78. The van der Waals surface area contributed by atoms with E-state index in [1.807, 2.05) is 5.32 Å². The molecular formula is C28H25ClF5N3O5S. The number of ether oxygens (including phenoxy) is 1.